The number of rotatable bonds is 7. The number of aromatic nitrogens is 1. The van der Waals surface area contributed by atoms with Crippen LogP contribution in [0.2, 0.25) is 0 Å². The second-order valence-corrected chi connectivity index (χ2v) is 5.43. The molecule has 0 aliphatic heterocycles. The number of nitrogens with zero attached hydrogens (tertiary/aromatic N) is 2. The molecule has 0 bridgehead atoms. The topological polar surface area (TPSA) is 87.6 Å². The number of hydrogen-bond acceptors (Lipinski definition) is 6. The van der Waals surface area contributed by atoms with Crippen molar-refractivity contribution in [3.63, 3.8) is 0 Å². The van der Waals surface area contributed by atoms with E-state index in [1.165, 1.54) is 18.2 Å². The van der Waals surface area contributed by atoms with E-state index in [0.29, 0.717) is 35.1 Å². The molecule has 0 unspecified atom stereocenters. The fourth-order valence-corrected chi connectivity index (χ4v) is 2.42. The SMILES string of the molecule is C#CCOc1ccc(/C=C/c2nc3cc([N+](=O)[O-])ccc3o2)cc1OCC. The summed E-state index contributed by atoms with van der Waals surface area (Å²) in [6, 6.07) is 9.73. The van der Waals surface area contributed by atoms with Gasteiger partial charge in [0.05, 0.1) is 11.5 Å². The highest BCUT2D eigenvalue weighted by atomic mass is 16.6. The van der Waals surface area contributed by atoms with Crippen LogP contribution in [0.4, 0.5) is 5.69 Å². The Morgan fingerprint density at radius 1 is 1.22 bits per heavy atom. The van der Waals surface area contributed by atoms with Crippen LogP contribution in [0.15, 0.2) is 40.8 Å². The van der Waals surface area contributed by atoms with Gasteiger partial charge in [0, 0.05) is 18.2 Å². The molecule has 0 radical (unpaired) electrons. The van der Waals surface area contributed by atoms with Gasteiger partial charge < -0.3 is 13.9 Å². The van der Waals surface area contributed by atoms with Crippen molar-refractivity contribution in [1.82, 2.24) is 4.98 Å². The highest BCUT2D eigenvalue weighted by molar-refractivity contribution is 5.78. The van der Waals surface area contributed by atoms with Crippen LogP contribution >= 0.6 is 0 Å². The van der Waals surface area contributed by atoms with E-state index in [1.807, 2.05) is 19.1 Å². The zero-order valence-electron chi connectivity index (χ0n) is 14.5. The maximum absolute atomic E-state index is 10.8. The van der Waals surface area contributed by atoms with Gasteiger partial charge in [0.1, 0.15) is 12.1 Å². The van der Waals surface area contributed by atoms with E-state index in [0.717, 1.165) is 5.56 Å². The van der Waals surface area contributed by atoms with Crippen LogP contribution in [0, 0.1) is 22.5 Å². The first kappa shape index (κ1) is 18.0. The highest BCUT2D eigenvalue weighted by Gasteiger charge is 2.10. The van der Waals surface area contributed by atoms with Gasteiger partial charge in [0.2, 0.25) is 5.89 Å². The molecule has 0 spiro atoms. The maximum atomic E-state index is 10.8. The zero-order valence-corrected chi connectivity index (χ0v) is 14.5. The normalized spacial score (nSPS) is 10.8. The van der Waals surface area contributed by atoms with E-state index in [2.05, 4.69) is 10.9 Å². The van der Waals surface area contributed by atoms with E-state index in [9.17, 15) is 10.1 Å². The van der Waals surface area contributed by atoms with Gasteiger partial charge in [-0.05, 0) is 36.8 Å². The van der Waals surface area contributed by atoms with Gasteiger partial charge in [-0.3, -0.25) is 10.1 Å². The molecular weight excluding hydrogens is 348 g/mol. The van der Waals surface area contributed by atoms with Crippen LogP contribution in [0.1, 0.15) is 18.4 Å². The van der Waals surface area contributed by atoms with Crippen molar-refractivity contribution in [1.29, 1.82) is 0 Å². The second kappa shape index (κ2) is 8.06. The summed E-state index contributed by atoms with van der Waals surface area (Å²) in [5.74, 6) is 3.92. The van der Waals surface area contributed by atoms with Crippen LogP contribution in [-0.2, 0) is 0 Å². The fraction of sp³-hybridized carbons (Fsp3) is 0.150. The minimum atomic E-state index is -0.470. The number of terminal acetylenes is 1. The predicted octanol–water partition coefficient (Wildman–Crippen LogP) is 4.32. The Bertz CT molecular complexity index is 1050. The van der Waals surface area contributed by atoms with Crippen LogP contribution in [0.3, 0.4) is 0 Å². The average molecular weight is 364 g/mol. The number of ether oxygens (including phenoxy) is 2. The lowest BCUT2D eigenvalue weighted by Gasteiger charge is -2.10. The molecule has 1 heterocycles. The summed E-state index contributed by atoms with van der Waals surface area (Å²) in [6.07, 6.45) is 8.70. The number of oxazole rings is 1. The lowest BCUT2D eigenvalue weighted by atomic mass is 10.2. The largest absolute Gasteiger partial charge is 0.490 e. The van der Waals surface area contributed by atoms with E-state index >= 15 is 0 Å². The Labute approximate surface area is 155 Å². The molecule has 0 saturated heterocycles. The number of nitro groups is 1. The molecule has 0 amide bonds. The maximum Gasteiger partial charge on any atom is 0.271 e. The molecule has 0 fully saturated rings. The Kier molecular flexibility index (Phi) is 5.38. The van der Waals surface area contributed by atoms with Gasteiger partial charge in [-0.1, -0.05) is 12.0 Å². The zero-order chi connectivity index (χ0) is 19.2. The first-order valence-corrected chi connectivity index (χ1v) is 8.17. The Hall–Kier alpha value is -3.79. The van der Waals surface area contributed by atoms with Crippen molar-refractivity contribution in [3.8, 4) is 23.8 Å². The van der Waals surface area contributed by atoms with Gasteiger partial charge in [0.15, 0.2) is 17.1 Å². The average Bonchev–Trinajstić information content (AvgIpc) is 3.08. The van der Waals surface area contributed by atoms with Crippen LogP contribution in [-0.4, -0.2) is 23.1 Å². The molecule has 7 nitrogen and oxygen atoms in total. The number of hydrogen-bond donors (Lipinski definition) is 0. The number of fused-ring (bicyclic) bond motifs is 1. The lowest BCUT2D eigenvalue weighted by molar-refractivity contribution is -0.384. The molecule has 136 valence electrons. The third-order valence-electron chi connectivity index (χ3n) is 3.60. The Balaban J connectivity index is 1.84. The molecule has 0 N–H and O–H groups in total. The van der Waals surface area contributed by atoms with Crippen LogP contribution in [0.25, 0.3) is 23.3 Å². The summed E-state index contributed by atoms with van der Waals surface area (Å²) in [7, 11) is 0. The standard InChI is InChI=1S/C20H16N2O5/c1-3-11-26-18-8-5-14(12-19(18)25-4-2)6-10-20-21-16-13-15(22(23)24)7-9-17(16)27-20/h1,5-10,12-13H,4,11H2,2H3/b10-6+. The molecule has 2 aromatic carbocycles. The second-order valence-electron chi connectivity index (χ2n) is 5.43. The van der Waals surface area contributed by atoms with Crippen molar-refractivity contribution in [3.05, 3.63) is 58.0 Å². The third kappa shape index (κ3) is 4.25. The highest BCUT2D eigenvalue weighted by Crippen LogP contribution is 2.29. The summed E-state index contributed by atoms with van der Waals surface area (Å²) in [5.41, 5.74) is 1.72. The molecule has 1 aromatic heterocycles. The van der Waals surface area contributed by atoms with Crippen LogP contribution < -0.4 is 9.47 Å². The Morgan fingerprint density at radius 2 is 2.07 bits per heavy atom. The minimum Gasteiger partial charge on any atom is -0.490 e. The Morgan fingerprint density at radius 3 is 2.81 bits per heavy atom. The van der Waals surface area contributed by atoms with Crippen molar-refractivity contribution >= 4 is 28.9 Å². The van der Waals surface area contributed by atoms with E-state index in [-0.39, 0.29) is 12.3 Å². The summed E-state index contributed by atoms with van der Waals surface area (Å²) < 4.78 is 16.6. The van der Waals surface area contributed by atoms with E-state index in [4.69, 9.17) is 20.3 Å². The van der Waals surface area contributed by atoms with E-state index in [1.54, 1.807) is 18.2 Å². The summed E-state index contributed by atoms with van der Waals surface area (Å²) >= 11 is 0. The molecule has 3 rings (SSSR count). The van der Waals surface area contributed by atoms with Crippen molar-refractivity contribution in [2.75, 3.05) is 13.2 Å². The van der Waals surface area contributed by atoms with E-state index < -0.39 is 4.92 Å². The molecule has 0 saturated carbocycles. The molecular formula is C20H16N2O5. The summed E-state index contributed by atoms with van der Waals surface area (Å²) in [6.45, 7) is 2.53. The molecule has 27 heavy (non-hydrogen) atoms. The molecule has 7 heteroatoms. The van der Waals surface area contributed by atoms with Crippen molar-refractivity contribution < 1.29 is 18.8 Å². The molecule has 0 aliphatic rings. The molecule has 0 aliphatic carbocycles. The summed E-state index contributed by atoms with van der Waals surface area (Å²) in [4.78, 5) is 14.6. The van der Waals surface area contributed by atoms with Crippen LogP contribution in [0.5, 0.6) is 11.5 Å². The molecule has 0 atom stereocenters. The molecule has 3 aromatic rings. The van der Waals surface area contributed by atoms with Crippen molar-refractivity contribution in [2.45, 2.75) is 6.92 Å². The lowest BCUT2D eigenvalue weighted by Crippen LogP contribution is -1.99. The third-order valence-corrected chi connectivity index (χ3v) is 3.60. The number of benzene rings is 2. The van der Waals surface area contributed by atoms with Gasteiger partial charge >= 0.3 is 0 Å². The number of non-ortho nitro benzene ring substituents is 1. The van der Waals surface area contributed by atoms with Gasteiger partial charge in [-0.25, -0.2) is 4.98 Å². The summed E-state index contributed by atoms with van der Waals surface area (Å²) in [5, 5.41) is 10.8. The van der Waals surface area contributed by atoms with Gasteiger partial charge in [-0.15, -0.1) is 6.42 Å². The predicted molar refractivity (Wildman–Crippen MR) is 102 cm³/mol. The fourth-order valence-electron chi connectivity index (χ4n) is 2.42. The minimum absolute atomic E-state index is 0.0322. The van der Waals surface area contributed by atoms with Gasteiger partial charge in [0.25, 0.3) is 5.69 Å². The first-order valence-electron chi connectivity index (χ1n) is 8.17. The number of nitro benzene ring substituents is 1. The van der Waals surface area contributed by atoms with Gasteiger partial charge in [-0.2, -0.15) is 0 Å². The smallest absolute Gasteiger partial charge is 0.271 e. The first-order chi connectivity index (χ1) is 13.1. The quantitative estimate of drug-likeness (QED) is 0.352. The monoisotopic (exact) mass is 364 g/mol. The van der Waals surface area contributed by atoms with Crippen molar-refractivity contribution in [2.24, 2.45) is 0 Å².